The number of ether oxygens (including phenoxy) is 1. The summed E-state index contributed by atoms with van der Waals surface area (Å²) in [4.78, 5) is 23.2. The number of benzene rings is 1. The molecule has 0 spiro atoms. The van der Waals surface area contributed by atoms with E-state index in [-0.39, 0.29) is 5.78 Å². The van der Waals surface area contributed by atoms with Gasteiger partial charge in [0.1, 0.15) is 0 Å². The van der Waals surface area contributed by atoms with Crippen molar-refractivity contribution in [1.82, 2.24) is 5.32 Å². The second-order valence-electron chi connectivity index (χ2n) is 3.89. The molecule has 1 N–H and O–H groups in total. The maximum Gasteiger partial charge on any atom is 0.407 e. The van der Waals surface area contributed by atoms with Crippen LogP contribution in [0.3, 0.4) is 0 Å². The molecule has 90 valence electrons. The number of hydrogen-bond acceptors (Lipinski definition) is 3. The van der Waals surface area contributed by atoms with Crippen molar-refractivity contribution in [2.75, 3.05) is 7.11 Å². The summed E-state index contributed by atoms with van der Waals surface area (Å²) in [6.45, 7) is 0. The summed E-state index contributed by atoms with van der Waals surface area (Å²) in [5, 5.41) is 2.55. The van der Waals surface area contributed by atoms with Crippen LogP contribution in [0.5, 0.6) is 0 Å². The van der Waals surface area contributed by atoms with Gasteiger partial charge in [0.2, 0.25) is 0 Å². The van der Waals surface area contributed by atoms with Crippen LogP contribution in [0.1, 0.15) is 22.3 Å². The van der Waals surface area contributed by atoms with Crippen LogP contribution in [-0.4, -0.2) is 25.0 Å². The first-order valence-electron chi connectivity index (χ1n) is 5.29. The molecule has 0 saturated carbocycles. The molecule has 0 aromatic heterocycles. The second kappa shape index (κ2) is 4.87. The van der Waals surface area contributed by atoms with Crippen molar-refractivity contribution >= 4 is 27.8 Å². The highest BCUT2D eigenvalue weighted by Gasteiger charge is 2.28. The highest BCUT2D eigenvalue weighted by atomic mass is 79.9. The molecule has 0 heterocycles. The zero-order valence-electron chi connectivity index (χ0n) is 9.33. The van der Waals surface area contributed by atoms with Gasteiger partial charge < -0.3 is 10.1 Å². The number of hydrogen-bond donors (Lipinski definition) is 1. The normalized spacial score (nSPS) is 18.5. The molecule has 1 aliphatic rings. The standard InChI is InChI=1S/C12H12BrNO3/c1-17-12(16)14-10-5-3-7-2-4-8(13)6-9(7)11(10)15/h2,4,6,10H,3,5H2,1H3,(H,14,16)/t10-/m1/s1. The third-order valence-corrected chi connectivity index (χ3v) is 3.33. The van der Waals surface area contributed by atoms with Gasteiger partial charge in [-0.3, -0.25) is 4.79 Å². The number of carbonyl (C=O) groups is 2. The molecule has 0 aliphatic heterocycles. The number of alkyl carbamates (subject to hydrolysis) is 1. The number of nitrogens with one attached hydrogen (secondary N) is 1. The van der Waals surface area contributed by atoms with Gasteiger partial charge in [0.25, 0.3) is 0 Å². The Morgan fingerprint density at radius 1 is 1.53 bits per heavy atom. The molecule has 0 fully saturated rings. The fourth-order valence-corrected chi connectivity index (χ4v) is 2.31. The number of halogens is 1. The number of methoxy groups -OCH3 is 1. The van der Waals surface area contributed by atoms with E-state index in [1.807, 2.05) is 12.1 Å². The Morgan fingerprint density at radius 2 is 2.29 bits per heavy atom. The van der Waals surface area contributed by atoms with Crippen LogP contribution < -0.4 is 5.32 Å². The van der Waals surface area contributed by atoms with Gasteiger partial charge in [-0.15, -0.1) is 0 Å². The fraction of sp³-hybridized carbons (Fsp3) is 0.333. The highest BCUT2D eigenvalue weighted by Crippen LogP contribution is 2.24. The highest BCUT2D eigenvalue weighted by molar-refractivity contribution is 9.10. The summed E-state index contributed by atoms with van der Waals surface area (Å²) < 4.78 is 5.37. The van der Waals surface area contributed by atoms with Crippen molar-refractivity contribution in [3.05, 3.63) is 33.8 Å². The molecule has 0 saturated heterocycles. The first-order valence-corrected chi connectivity index (χ1v) is 6.08. The van der Waals surface area contributed by atoms with Crippen molar-refractivity contribution in [2.45, 2.75) is 18.9 Å². The molecule has 2 rings (SSSR count). The minimum atomic E-state index is -0.568. The van der Waals surface area contributed by atoms with Crippen LogP contribution >= 0.6 is 15.9 Å². The lowest BCUT2D eigenvalue weighted by atomic mass is 9.87. The smallest absolute Gasteiger partial charge is 0.407 e. The van der Waals surface area contributed by atoms with Gasteiger partial charge in [-0.05, 0) is 30.5 Å². The van der Waals surface area contributed by atoms with Crippen molar-refractivity contribution < 1.29 is 14.3 Å². The van der Waals surface area contributed by atoms with Crippen LogP contribution in [0.4, 0.5) is 4.79 Å². The van der Waals surface area contributed by atoms with E-state index in [0.29, 0.717) is 12.0 Å². The number of amides is 1. The number of ketones is 1. The van der Waals surface area contributed by atoms with Crippen molar-refractivity contribution in [3.8, 4) is 0 Å². The van der Waals surface area contributed by atoms with Gasteiger partial charge in [0.15, 0.2) is 5.78 Å². The van der Waals surface area contributed by atoms with Gasteiger partial charge in [-0.25, -0.2) is 4.79 Å². The largest absolute Gasteiger partial charge is 0.453 e. The molecule has 17 heavy (non-hydrogen) atoms. The first-order chi connectivity index (χ1) is 8.11. The molecular weight excluding hydrogens is 286 g/mol. The minimum absolute atomic E-state index is 0.0575. The third-order valence-electron chi connectivity index (χ3n) is 2.83. The molecular formula is C12H12BrNO3. The summed E-state index contributed by atoms with van der Waals surface area (Å²) >= 11 is 3.34. The SMILES string of the molecule is COC(=O)N[C@@H]1CCc2ccc(Br)cc2C1=O. The average Bonchev–Trinajstić information content (AvgIpc) is 2.33. The molecule has 1 aromatic carbocycles. The Morgan fingerprint density at radius 3 is 3.00 bits per heavy atom. The van der Waals surface area contributed by atoms with E-state index in [4.69, 9.17) is 0 Å². The molecule has 1 amide bonds. The predicted molar refractivity (Wildman–Crippen MR) is 66.1 cm³/mol. The van der Waals surface area contributed by atoms with Gasteiger partial charge >= 0.3 is 6.09 Å². The zero-order valence-corrected chi connectivity index (χ0v) is 10.9. The van der Waals surface area contributed by atoms with Crippen LogP contribution in [0.2, 0.25) is 0 Å². The van der Waals surface area contributed by atoms with Crippen molar-refractivity contribution in [3.63, 3.8) is 0 Å². The quantitative estimate of drug-likeness (QED) is 0.865. The van der Waals surface area contributed by atoms with E-state index >= 15 is 0 Å². The van der Waals surface area contributed by atoms with E-state index in [0.717, 1.165) is 16.5 Å². The molecule has 0 radical (unpaired) electrons. The summed E-state index contributed by atoms with van der Waals surface area (Å²) in [7, 11) is 1.28. The van der Waals surface area contributed by atoms with Crippen molar-refractivity contribution in [2.24, 2.45) is 0 Å². The van der Waals surface area contributed by atoms with Crippen molar-refractivity contribution in [1.29, 1.82) is 0 Å². The number of rotatable bonds is 1. The Balaban J connectivity index is 2.23. The summed E-state index contributed by atoms with van der Waals surface area (Å²) in [5.74, 6) is -0.0575. The minimum Gasteiger partial charge on any atom is -0.453 e. The Kier molecular flexibility index (Phi) is 3.47. The van der Waals surface area contributed by atoms with E-state index < -0.39 is 12.1 Å². The third kappa shape index (κ3) is 2.49. The van der Waals surface area contributed by atoms with E-state index in [2.05, 4.69) is 26.0 Å². The summed E-state index contributed by atoms with van der Waals surface area (Å²) in [6, 6.07) is 5.17. The monoisotopic (exact) mass is 297 g/mol. The van der Waals surface area contributed by atoms with Crippen LogP contribution in [0.15, 0.2) is 22.7 Å². The van der Waals surface area contributed by atoms with Crippen LogP contribution in [0, 0.1) is 0 Å². The number of Topliss-reactive ketones (excluding diaryl/α,β-unsaturated/α-hetero) is 1. The molecule has 4 nitrogen and oxygen atoms in total. The van der Waals surface area contributed by atoms with E-state index in [1.165, 1.54) is 7.11 Å². The van der Waals surface area contributed by atoms with E-state index in [9.17, 15) is 9.59 Å². The second-order valence-corrected chi connectivity index (χ2v) is 4.81. The fourth-order valence-electron chi connectivity index (χ4n) is 1.95. The van der Waals surface area contributed by atoms with Gasteiger partial charge in [0.05, 0.1) is 13.2 Å². The topological polar surface area (TPSA) is 55.4 Å². The summed E-state index contributed by atoms with van der Waals surface area (Å²) in [6.07, 6.45) is 0.827. The molecule has 0 unspecified atom stereocenters. The van der Waals surface area contributed by atoms with Gasteiger partial charge in [-0.2, -0.15) is 0 Å². The van der Waals surface area contributed by atoms with Crippen LogP contribution in [-0.2, 0) is 11.2 Å². The maximum absolute atomic E-state index is 12.1. The number of carbonyl (C=O) groups excluding carboxylic acids is 2. The number of fused-ring (bicyclic) bond motifs is 1. The zero-order chi connectivity index (χ0) is 12.4. The summed E-state index contributed by atoms with van der Waals surface area (Å²) in [5.41, 5.74) is 1.70. The Bertz CT molecular complexity index is 473. The average molecular weight is 298 g/mol. The lowest BCUT2D eigenvalue weighted by Crippen LogP contribution is -2.43. The predicted octanol–water partition coefficient (Wildman–Crippen LogP) is 2.30. The lowest BCUT2D eigenvalue weighted by Gasteiger charge is -2.23. The maximum atomic E-state index is 12.1. The lowest BCUT2D eigenvalue weighted by molar-refractivity contribution is 0.0916. The first kappa shape index (κ1) is 12.1. The molecule has 0 bridgehead atoms. The van der Waals surface area contributed by atoms with Gasteiger partial charge in [-0.1, -0.05) is 22.0 Å². The van der Waals surface area contributed by atoms with Gasteiger partial charge in [0, 0.05) is 10.0 Å². The molecule has 1 atom stereocenters. The number of aryl methyl sites for hydroxylation is 1. The van der Waals surface area contributed by atoms with Crippen LogP contribution in [0.25, 0.3) is 0 Å². The van der Waals surface area contributed by atoms with E-state index in [1.54, 1.807) is 6.07 Å². The molecule has 1 aliphatic carbocycles. The Hall–Kier alpha value is -1.36. The Labute approximate surface area is 107 Å². The molecule has 1 aromatic rings. The molecule has 5 heteroatoms.